The second-order valence-corrected chi connectivity index (χ2v) is 5.93. The van der Waals surface area contributed by atoms with Gasteiger partial charge in [-0.25, -0.2) is 4.79 Å². The molecule has 1 N–H and O–H groups in total. The number of hydrogen-bond donors (Lipinski definition) is 1. The third-order valence-corrected chi connectivity index (χ3v) is 3.96. The predicted molar refractivity (Wildman–Crippen MR) is 88.7 cm³/mol. The zero-order valence-electron chi connectivity index (χ0n) is 11.7. The van der Waals surface area contributed by atoms with Crippen LogP contribution in [0.25, 0.3) is 0 Å². The first-order valence-corrected chi connectivity index (χ1v) is 7.54. The van der Waals surface area contributed by atoms with Crippen LogP contribution in [-0.4, -0.2) is 13.1 Å². The van der Waals surface area contributed by atoms with E-state index in [4.69, 9.17) is 16.3 Å². The van der Waals surface area contributed by atoms with Gasteiger partial charge in [0, 0.05) is 15.2 Å². The number of nitrogens with one attached hydrogen (secondary N) is 1. The fourth-order valence-electron chi connectivity index (χ4n) is 1.99. The van der Waals surface area contributed by atoms with Crippen LogP contribution in [0.4, 0.5) is 5.69 Å². The maximum atomic E-state index is 12.1. The molecular formula is C16H15BrClNO2. The Balaban J connectivity index is 2.37. The number of benzene rings is 2. The van der Waals surface area contributed by atoms with E-state index in [1.165, 1.54) is 7.11 Å². The van der Waals surface area contributed by atoms with Gasteiger partial charge in [0.15, 0.2) is 6.04 Å². The molecule has 2 aromatic carbocycles. The van der Waals surface area contributed by atoms with Crippen LogP contribution in [0.1, 0.15) is 17.2 Å². The van der Waals surface area contributed by atoms with E-state index in [1.54, 1.807) is 12.1 Å². The number of esters is 1. The van der Waals surface area contributed by atoms with Crippen molar-refractivity contribution in [2.45, 2.75) is 13.0 Å². The number of anilines is 1. The van der Waals surface area contributed by atoms with Gasteiger partial charge in [-0.3, -0.25) is 0 Å². The number of hydrogen-bond acceptors (Lipinski definition) is 3. The Bertz CT molecular complexity index is 660. The topological polar surface area (TPSA) is 38.3 Å². The number of methoxy groups -OCH3 is 1. The van der Waals surface area contributed by atoms with E-state index in [-0.39, 0.29) is 5.97 Å². The molecular weight excluding hydrogens is 354 g/mol. The van der Waals surface area contributed by atoms with Crippen LogP contribution in [-0.2, 0) is 9.53 Å². The lowest BCUT2D eigenvalue weighted by molar-refractivity contribution is -0.141. The number of aryl methyl sites for hydroxylation is 1. The van der Waals surface area contributed by atoms with Gasteiger partial charge in [0.05, 0.1) is 7.11 Å². The first kappa shape index (κ1) is 15.9. The minimum absolute atomic E-state index is 0.362. The van der Waals surface area contributed by atoms with Crippen molar-refractivity contribution in [1.82, 2.24) is 0 Å². The van der Waals surface area contributed by atoms with Crippen LogP contribution in [0, 0.1) is 6.92 Å². The van der Waals surface area contributed by atoms with Gasteiger partial charge in [0.2, 0.25) is 0 Å². The van der Waals surface area contributed by atoms with Crippen molar-refractivity contribution in [1.29, 1.82) is 0 Å². The molecule has 3 nitrogen and oxygen atoms in total. The molecule has 0 aliphatic rings. The first-order valence-electron chi connectivity index (χ1n) is 6.37. The van der Waals surface area contributed by atoms with Gasteiger partial charge in [-0.2, -0.15) is 0 Å². The van der Waals surface area contributed by atoms with E-state index >= 15 is 0 Å². The normalized spacial score (nSPS) is 11.8. The van der Waals surface area contributed by atoms with Gasteiger partial charge >= 0.3 is 5.97 Å². The van der Waals surface area contributed by atoms with E-state index < -0.39 is 6.04 Å². The average Bonchev–Trinajstić information content (AvgIpc) is 2.45. The molecule has 0 aliphatic carbocycles. The van der Waals surface area contributed by atoms with E-state index in [0.29, 0.717) is 5.02 Å². The van der Waals surface area contributed by atoms with E-state index in [2.05, 4.69) is 21.2 Å². The molecule has 0 radical (unpaired) electrons. The summed E-state index contributed by atoms with van der Waals surface area (Å²) in [4.78, 5) is 12.1. The molecule has 0 saturated carbocycles. The van der Waals surface area contributed by atoms with Crippen LogP contribution in [0.3, 0.4) is 0 Å². The molecule has 0 aromatic heterocycles. The van der Waals surface area contributed by atoms with Crippen LogP contribution < -0.4 is 5.32 Å². The van der Waals surface area contributed by atoms with Crippen molar-refractivity contribution in [2.24, 2.45) is 0 Å². The van der Waals surface area contributed by atoms with Gasteiger partial charge in [-0.1, -0.05) is 45.7 Å². The van der Waals surface area contributed by atoms with Gasteiger partial charge in [0.25, 0.3) is 0 Å². The third kappa shape index (κ3) is 3.99. The summed E-state index contributed by atoms with van der Waals surface area (Å²) in [6, 6.07) is 12.4. The highest BCUT2D eigenvalue weighted by molar-refractivity contribution is 9.10. The van der Waals surface area contributed by atoms with Crippen molar-refractivity contribution in [2.75, 3.05) is 12.4 Å². The molecule has 0 fully saturated rings. The van der Waals surface area contributed by atoms with Gasteiger partial charge in [0.1, 0.15) is 0 Å². The van der Waals surface area contributed by atoms with Crippen molar-refractivity contribution in [3.05, 3.63) is 63.1 Å². The van der Waals surface area contributed by atoms with Crippen molar-refractivity contribution in [3.63, 3.8) is 0 Å². The second-order valence-electron chi connectivity index (χ2n) is 4.64. The largest absolute Gasteiger partial charge is 0.467 e. The minimum atomic E-state index is -0.608. The molecule has 0 bridgehead atoms. The molecule has 1 unspecified atom stereocenters. The Morgan fingerprint density at radius 3 is 2.67 bits per heavy atom. The van der Waals surface area contributed by atoms with Gasteiger partial charge in [-0.05, 0) is 42.3 Å². The molecule has 5 heteroatoms. The monoisotopic (exact) mass is 367 g/mol. The van der Waals surface area contributed by atoms with Gasteiger partial charge in [-0.15, -0.1) is 0 Å². The van der Waals surface area contributed by atoms with Crippen molar-refractivity contribution in [3.8, 4) is 0 Å². The Kier molecular flexibility index (Phi) is 5.26. The summed E-state index contributed by atoms with van der Waals surface area (Å²) < 4.78 is 5.75. The Morgan fingerprint density at radius 2 is 2.05 bits per heavy atom. The summed E-state index contributed by atoms with van der Waals surface area (Å²) in [6.45, 7) is 1.99. The summed E-state index contributed by atoms with van der Waals surface area (Å²) in [6.07, 6.45) is 0. The molecule has 0 spiro atoms. The Labute approximate surface area is 137 Å². The lowest BCUT2D eigenvalue weighted by Crippen LogP contribution is -2.22. The summed E-state index contributed by atoms with van der Waals surface area (Å²) in [5.41, 5.74) is 2.68. The zero-order chi connectivity index (χ0) is 15.4. The lowest BCUT2D eigenvalue weighted by atomic mass is 10.0. The zero-order valence-corrected chi connectivity index (χ0v) is 14.0. The van der Waals surface area contributed by atoms with E-state index in [0.717, 1.165) is 21.3 Å². The SMILES string of the molecule is COC(=O)C(Nc1cccc(Cl)c1)c1ccc(C)cc1Br. The molecule has 2 aromatic rings. The summed E-state index contributed by atoms with van der Waals surface area (Å²) in [5, 5.41) is 3.76. The number of ether oxygens (including phenoxy) is 1. The average molecular weight is 369 g/mol. The fourth-order valence-corrected chi connectivity index (χ4v) is 2.91. The summed E-state index contributed by atoms with van der Waals surface area (Å²) in [7, 11) is 1.37. The molecule has 110 valence electrons. The minimum Gasteiger partial charge on any atom is -0.467 e. The fraction of sp³-hybridized carbons (Fsp3) is 0.188. The maximum Gasteiger partial charge on any atom is 0.333 e. The highest BCUT2D eigenvalue weighted by atomic mass is 79.9. The quantitative estimate of drug-likeness (QED) is 0.792. The molecule has 2 rings (SSSR count). The molecule has 0 saturated heterocycles. The van der Waals surface area contributed by atoms with Crippen LogP contribution in [0.5, 0.6) is 0 Å². The third-order valence-electron chi connectivity index (χ3n) is 3.04. The maximum absolute atomic E-state index is 12.1. The molecule has 0 aliphatic heterocycles. The predicted octanol–water partition coefficient (Wildman–Crippen LogP) is 4.74. The molecule has 21 heavy (non-hydrogen) atoms. The van der Waals surface area contributed by atoms with Crippen LogP contribution in [0.15, 0.2) is 46.9 Å². The number of carbonyl (C=O) groups is 1. The highest BCUT2D eigenvalue weighted by Gasteiger charge is 2.23. The van der Waals surface area contributed by atoms with E-state index in [9.17, 15) is 4.79 Å². The van der Waals surface area contributed by atoms with Crippen LogP contribution >= 0.6 is 27.5 Å². The van der Waals surface area contributed by atoms with Gasteiger partial charge < -0.3 is 10.1 Å². The second kappa shape index (κ2) is 6.96. The van der Waals surface area contributed by atoms with Crippen molar-refractivity contribution >= 4 is 39.2 Å². The highest BCUT2D eigenvalue weighted by Crippen LogP contribution is 2.29. The Hall–Kier alpha value is -1.52. The number of rotatable bonds is 4. The summed E-state index contributed by atoms with van der Waals surface area (Å²) in [5.74, 6) is -0.362. The standard InChI is InChI=1S/C16H15BrClNO2/c1-10-6-7-13(14(17)8-10)15(16(20)21-2)19-12-5-3-4-11(18)9-12/h3-9,15,19H,1-2H3. The first-order chi connectivity index (χ1) is 10.0. The van der Waals surface area contributed by atoms with E-state index in [1.807, 2.05) is 37.3 Å². The Morgan fingerprint density at radius 1 is 1.29 bits per heavy atom. The molecule has 0 amide bonds. The van der Waals surface area contributed by atoms with Crippen molar-refractivity contribution < 1.29 is 9.53 Å². The number of carbonyl (C=O) groups excluding carboxylic acids is 1. The van der Waals surface area contributed by atoms with Crippen LogP contribution in [0.2, 0.25) is 5.02 Å². The molecule has 0 heterocycles. The number of halogens is 2. The molecule has 1 atom stereocenters. The smallest absolute Gasteiger partial charge is 0.333 e. The lowest BCUT2D eigenvalue weighted by Gasteiger charge is -2.19. The summed E-state index contributed by atoms with van der Waals surface area (Å²) >= 11 is 9.47.